The van der Waals surface area contributed by atoms with Crippen LogP contribution in [0, 0.1) is 0 Å². The summed E-state index contributed by atoms with van der Waals surface area (Å²) in [6.45, 7) is 1.47. The van der Waals surface area contributed by atoms with Crippen LogP contribution in [-0.4, -0.2) is 5.91 Å². The van der Waals surface area contributed by atoms with E-state index in [2.05, 4.69) is 5.32 Å². The summed E-state index contributed by atoms with van der Waals surface area (Å²) in [5.74, 6) is 1.26. The van der Waals surface area contributed by atoms with Crippen molar-refractivity contribution >= 4 is 23.2 Å². The molecule has 0 radical (unpaired) electrons. The maximum absolute atomic E-state index is 10.9. The highest BCUT2D eigenvalue weighted by atomic mass is 35.5. The largest absolute Gasteiger partial charge is 0.457 e. The zero-order chi connectivity index (χ0) is 13.0. The molecule has 0 aliphatic rings. The van der Waals surface area contributed by atoms with Crippen LogP contribution >= 0.6 is 11.6 Å². The first kappa shape index (κ1) is 12.5. The number of anilines is 1. The van der Waals surface area contributed by atoms with Crippen LogP contribution in [0.4, 0.5) is 5.69 Å². The van der Waals surface area contributed by atoms with Crippen LogP contribution in [0.3, 0.4) is 0 Å². The Balaban J connectivity index is 2.08. The zero-order valence-electron chi connectivity index (χ0n) is 9.81. The Hall–Kier alpha value is -2.00. The number of carbonyl (C=O) groups is 1. The summed E-state index contributed by atoms with van der Waals surface area (Å²) in [6.07, 6.45) is 0. The molecule has 0 atom stereocenters. The van der Waals surface area contributed by atoms with E-state index in [1.165, 1.54) is 6.92 Å². The second kappa shape index (κ2) is 5.56. The number of amides is 1. The van der Waals surface area contributed by atoms with Gasteiger partial charge in [0.1, 0.15) is 11.5 Å². The van der Waals surface area contributed by atoms with Gasteiger partial charge in [0, 0.05) is 17.6 Å². The molecule has 92 valence electrons. The quantitative estimate of drug-likeness (QED) is 0.904. The minimum atomic E-state index is -0.0986. The Morgan fingerprint density at radius 2 is 1.83 bits per heavy atom. The molecule has 0 spiro atoms. The van der Waals surface area contributed by atoms with Gasteiger partial charge in [-0.25, -0.2) is 0 Å². The fraction of sp³-hybridized carbons (Fsp3) is 0.0714. The maximum atomic E-state index is 10.9. The predicted octanol–water partition coefficient (Wildman–Crippen LogP) is 4.09. The van der Waals surface area contributed by atoms with Gasteiger partial charge in [0.15, 0.2) is 0 Å². The third kappa shape index (κ3) is 3.50. The van der Waals surface area contributed by atoms with Gasteiger partial charge in [-0.1, -0.05) is 17.7 Å². The fourth-order valence-corrected chi connectivity index (χ4v) is 1.66. The van der Waals surface area contributed by atoms with E-state index in [0.717, 1.165) is 5.69 Å². The molecule has 0 saturated carbocycles. The lowest BCUT2D eigenvalue weighted by Crippen LogP contribution is -2.05. The summed E-state index contributed by atoms with van der Waals surface area (Å²) in [6, 6.07) is 14.3. The second-order valence-electron chi connectivity index (χ2n) is 3.77. The van der Waals surface area contributed by atoms with Gasteiger partial charge in [0.05, 0.1) is 0 Å². The molecule has 0 bridgehead atoms. The number of ether oxygens (including phenoxy) is 1. The monoisotopic (exact) mass is 261 g/mol. The minimum absolute atomic E-state index is 0.0986. The third-order valence-electron chi connectivity index (χ3n) is 2.21. The lowest BCUT2D eigenvalue weighted by molar-refractivity contribution is -0.114. The third-order valence-corrected chi connectivity index (χ3v) is 2.44. The average Bonchev–Trinajstić information content (AvgIpc) is 2.31. The van der Waals surface area contributed by atoms with Crippen LogP contribution in [0.25, 0.3) is 0 Å². The van der Waals surface area contributed by atoms with E-state index >= 15 is 0 Å². The Bertz CT molecular complexity index is 552. The highest BCUT2D eigenvalue weighted by Gasteiger charge is 1.99. The SMILES string of the molecule is CC(=O)Nc1ccc(Oc2cccc(Cl)c2)cc1. The molecular formula is C14H12ClNO2. The van der Waals surface area contributed by atoms with Crippen molar-refractivity contribution in [2.45, 2.75) is 6.92 Å². The maximum Gasteiger partial charge on any atom is 0.221 e. The number of halogens is 1. The normalized spacial score (nSPS) is 9.89. The van der Waals surface area contributed by atoms with Crippen molar-refractivity contribution in [3.05, 3.63) is 53.6 Å². The first-order valence-corrected chi connectivity index (χ1v) is 5.82. The molecule has 0 aromatic heterocycles. The molecule has 3 nitrogen and oxygen atoms in total. The lowest BCUT2D eigenvalue weighted by atomic mass is 10.3. The summed E-state index contributed by atoms with van der Waals surface area (Å²) >= 11 is 5.87. The van der Waals surface area contributed by atoms with Crippen molar-refractivity contribution in [3.63, 3.8) is 0 Å². The molecule has 2 rings (SSSR count). The molecule has 0 aliphatic heterocycles. The van der Waals surface area contributed by atoms with Crippen LogP contribution in [0.5, 0.6) is 11.5 Å². The number of benzene rings is 2. The van der Waals surface area contributed by atoms with Gasteiger partial charge < -0.3 is 10.1 Å². The summed E-state index contributed by atoms with van der Waals surface area (Å²) in [5.41, 5.74) is 0.737. The Morgan fingerprint density at radius 1 is 1.11 bits per heavy atom. The Morgan fingerprint density at radius 3 is 2.44 bits per heavy atom. The van der Waals surface area contributed by atoms with E-state index in [4.69, 9.17) is 16.3 Å². The lowest BCUT2D eigenvalue weighted by Gasteiger charge is -2.07. The topological polar surface area (TPSA) is 38.3 Å². The van der Waals surface area contributed by atoms with E-state index in [0.29, 0.717) is 16.5 Å². The van der Waals surface area contributed by atoms with Crippen molar-refractivity contribution < 1.29 is 9.53 Å². The van der Waals surface area contributed by atoms with E-state index < -0.39 is 0 Å². The van der Waals surface area contributed by atoms with Crippen molar-refractivity contribution in [3.8, 4) is 11.5 Å². The number of hydrogen-bond acceptors (Lipinski definition) is 2. The van der Waals surface area contributed by atoms with E-state index in [9.17, 15) is 4.79 Å². The number of hydrogen-bond donors (Lipinski definition) is 1. The van der Waals surface area contributed by atoms with Crippen LogP contribution in [0.15, 0.2) is 48.5 Å². The van der Waals surface area contributed by atoms with Crippen LogP contribution in [0.1, 0.15) is 6.92 Å². The first-order valence-electron chi connectivity index (χ1n) is 5.44. The van der Waals surface area contributed by atoms with Gasteiger partial charge in [0.2, 0.25) is 5.91 Å². The number of rotatable bonds is 3. The predicted molar refractivity (Wildman–Crippen MR) is 72.3 cm³/mol. The van der Waals surface area contributed by atoms with Crippen molar-refractivity contribution in [1.29, 1.82) is 0 Å². The number of carbonyl (C=O) groups excluding carboxylic acids is 1. The Kier molecular flexibility index (Phi) is 3.85. The minimum Gasteiger partial charge on any atom is -0.457 e. The van der Waals surface area contributed by atoms with Crippen LogP contribution in [0.2, 0.25) is 5.02 Å². The number of nitrogens with one attached hydrogen (secondary N) is 1. The molecule has 0 fully saturated rings. The molecule has 0 unspecified atom stereocenters. The fourth-order valence-electron chi connectivity index (χ4n) is 1.48. The smallest absolute Gasteiger partial charge is 0.221 e. The summed E-state index contributed by atoms with van der Waals surface area (Å²) in [5, 5.41) is 3.32. The van der Waals surface area contributed by atoms with Gasteiger partial charge in [-0.2, -0.15) is 0 Å². The van der Waals surface area contributed by atoms with Crippen molar-refractivity contribution in [2.75, 3.05) is 5.32 Å². The van der Waals surface area contributed by atoms with Gasteiger partial charge in [-0.05, 0) is 42.5 Å². The van der Waals surface area contributed by atoms with Crippen molar-refractivity contribution in [1.82, 2.24) is 0 Å². The van der Waals surface area contributed by atoms with E-state index in [1.54, 1.807) is 36.4 Å². The van der Waals surface area contributed by atoms with Gasteiger partial charge in [-0.3, -0.25) is 4.79 Å². The summed E-state index contributed by atoms with van der Waals surface area (Å²) < 4.78 is 5.62. The molecule has 18 heavy (non-hydrogen) atoms. The average molecular weight is 262 g/mol. The van der Waals surface area contributed by atoms with Crippen LogP contribution < -0.4 is 10.1 Å². The first-order chi connectivity index (χ1) is 8.63. The molecular weight excluding hydrogens is 250 g/mol. The van der Waals surface area contributed by atoms with Gasteiger partial charge in [0.25, 0.3) is 0 Å². The standard InChI is InChI=1S/C14H12ClNO2/c1-10(17)16-12-5-7-13(8-6-12)18-14-4-2-3-11(15)9-14/h2-9H,1H3,(H,16,17). The molecule has 2 aromatic carbocycles. The van der Waals surface area contributed by atoms with E-state index in [-0.39, 0.29) is 5.91 Å². The highest BCUT2D eigenvalue weighted by Crippen LogP contribution is 2.25. The van der Waals surface area contributed by atoms with E-state index in [1.807, 2.05) is 12.1 Å². The molecule has 1 amide bonds. The molecule has 4 heteroatoms. The highest BCUT2D eigenvalue weighted by molar-refractivity contribution is 6.30. The van der Waals surface area contributed by atoms with Gasteiger partial charge >= 0.3 is 0 Å². The summed E-state index contributed by atoms with van der Waals surface area (Å²) in [4.78, 5) is 10.9. The van der Waals surface area contributed by atoms with Crippen LogP contribution in [-0.2, 0) is 4.79 Å². The summed E-state index contributed by atoms with van der Waals surface area (Å²) in [7, 11) is 0. The molecule has 0 aliphatic carbocycles. The Labute approximate surface area is 110 Å². The molecule has 0 heterocycles. The molecule has 0 saturated heterocycles. The molecule has 2 aromatic rings. The van der Waals surface area contributed by atoms with Gasteiger partial charge in [-0.15, -0.1) is 0 Å². The second-order valence-corrected chi connectivity index (χ2v) is 4.20. The molecule has 1 N–H and O–H groups in total. The zero-order valence-corrected chi connectivity index (χ0v) is 10.6. The van der Waals surface area contributed by atoms with Crippen molar-refractivity contribution in [2.24, 2.45) is 0 Å².